The normalized spacial score (nSPS) is 10.9. The molecule has 0 unspecified atom stereocenters. The molecule has 2 heterocycles. The van der Waals surface area contributed by atoms with E-state index in [4.69, 9.17) is 4.74 Å². The lowest BCUT2D eigenvalue weighted by molar-refractivity contribution is 0.399. The molecule has 0 bridgehead atoms. The Bertz CT molecular complexity index is 758. The van der Waals surface area contributed by atoms with Gasteiger partial charge < -0.3 is 4.74 Å². The number of para-hydroxylation sites is 1. The number of rotatable bonds is 3. The molecule has 1 aromatic carbocycles. The molecule has 4 nitrogen and oxygen atoms in total. The fourth-order valence-corrected chi connectivity index (χ4v) is 2.99. The summed E-state index contributed by atoms with van der Waals surface area (Å²) in [7, 11) is 0. The number of fused-ring (bicyclic) bond motifs is 1. The lowest BCUT2D eigenvalue weighted by Gasteiger charge is -2.06. The van der Waals surface area contributed by atoms with Crippen LogP contribution >= 0.6 is 23.1 Å². The van der Waals surface area contributed by atoms with Crippen LogP contribution in [0.2, 0.25) is 0 Å². The summed E-state index contributed by atoms with van der Waals surface area (Å²) >= 11 is 2.76. The monoisotopic (exact) mass is 311 g/mol. The summed E-state index contributed by atoms with van der Waals surface area (Å²) in [4.78, 5) is 12.2. The Morgan fingerprint density at radius 2 is 1.95 bits per heavy atom. The van der Waals surface area contributed by atoms with Crippen LogP contribution in [0, 0.1) is 11.6 Å². The number of thiazole rings is 1. The van der Waals surface area contributed by atoms with Crippen molar-refractivity contribution in [3.05, 3.63) is 36.2 Å². The van der Waals surface area contributed by atoms with Crippen LogP contribution in [0.1, 0.15) is 0 Å². The van der Waals surface area contributed by atoms with E-state index in [0.717, 1.165) is 16.5 Å². The molecule has 0 saturated carbocycles. The van der Waals surface area contributed by atoms with Gasteiger partial charge in [-0.15, -0.1) is 11.3 Å². The predicted octanol–water partition coefficient (Wildman–Crippen LogP) is 3.88. The summed E-state index contributed by atoms with van der Waals surface area (Å²) < 4.78 is 33.8. The second kappa shape index (κ2) is 5.29. The van der Waals surface area contributed by atoms with Crippen molar-refractivity contribution in [2.75, 3.05) is 6.26 Å². The maximum atomic E-state index is 13.6. The zero-order chi connectivity index (χ0) is 14.1. The molecule has 20 heavy (non-hydrogen) atoms. The van der Waals surface area contributed by atoms with Crippen molar-refractivity contribution in [2.45, 2.75) is 4.34 Å². The molecule has 8 heteroatoms. The number of ether oxygens (including phenoxy) is 1. The van der Waals surface area contributed by atoms with E-state index < -0.39 is 17.4 Å². The highest BCUT2D eigenvalue weighted by Gasteiger charge is 2.16. The van der Waals surface area contributed by atoms with E-state index in [1.165, 1.54) is 35.5 Å². The summed E-state index contributed by atoms with van der Waals surface area (Å²) in [6.07, 6.45) is 3.13. The molecule has 0 fully saturated rings. The lowest BCUT2D eigenvalue weighted by Crippen LogP contribution is -1.95. The van der Waals surface area contributed by atoms with Gasteiger partial charge in [-0.1, -0.05) is 17.8 Å². The largest absolute Gasteiger partial charge is 0.431 e. The van der Waals surface area contributed by atoms with E-state index in [2.05, 4.69) is 15.0 Å². The van der Waals surface area contributed by atoms with Crippen LogP contribution in [-0.2, 0) is 0 Å². The molecule has 0 radical (unpaired) electrons. The average molecular weight is 311 g/mol. The molecule has 102 valence electrons. The van der Waals surface area contributed by atoms with Crippen molar-refractivity contribution in [3.8, 4) is 11.6 Å². The van der Waals surface area contributed by atoms with E-state index in [0.29, 0.717) is 10.3 Å². The van der Waals surface area contributed by atoms with E-state index in [1.807, 2.05) is 6.26 Å². The van der Waals surface area contributed by atoms with Crippen LogP contribution in [0.25, 0.3) is 10.3 Å². The maximum absolute atomic E-state index is 13.6. The number of aromatic nitrogens is 3. The first kappa shape index (κ1) is 13.2. The van der Waals surface area contributed by atoms with Crippen LogP contribution in [0.5, 0.6) is 11.6 Å². The average Bonchev–Trinajstić information content (AvgIpc) is 2.87. The first-order valence-corrected chi connectivity index (χ1v) is 7.50. The summed E-state index contributed by atoms with van der Waals surface area (Å²) in [6.45, 7) is 0. The Morgan fingerprint density at radius 3 is 2.65 bits per heavy atom. The van der Waals surface area contributed by atoms with Gasteiger partial charge >= 0.3 is 0 Å². The van der Waals surface area contributed by atoms with Gasteiger partial charge in [0.15, 0.2) is 21.6 Å². The van der Waals surface area contributed by atoms with E-state index >= 15 is 0 Å². The summed E-state index contributed by atoms with van der Waals surface area (Å²) in [6, 6.07) is 3.51. The standard InChI is InChI=1S/C12H7F2N3OS2/c1-19-12-17-10-9(20-12)11(16-5-15-10)18-8-6(13)3-2-4-7(8)14/h2-5H,1H3. The number of hydrogen-bond donors (Lipinski definition) is 0. The van der Waals surface area contributed by atoms with Crippen molar-refractivity contribution >= 4 is 33.4 Å². The first-order valence-electron chi connectivity index (χ1n) is 5.46. The minimum Gasteiger partial charge on any atom is -0.431 e. The molecule has 0 amide bonds. The minimum absolute atomic E-state index is 0.0943. The Balaban J connectivity index is 2.09. The predicted molar refractivity (Wildman–Crippen MR) is 73.4 cm³/mol. The van der Waals surface area contributed by atoms with Crippen LogP contribution < -0.4 is 4.74 Å². The molecule has 0 aliphatic heterocycles. The van der Waals surface area contributed by atoms with Crippen molar-refractivity contribution in [3.63, 3.8) is 0 Å². The van der Waals surface area contributed by atoms with Gasteiger partial charge in [-0.2, -0.15) is 0 Å². The number of benzene rings is 1. The van der Waals surface area contributed by atoms with Crippen LogP contribution in [-0.4, -0.2) is 21.2 Å². The Kier molecular flexibility index (Phi) is 3.49. The van der Waals surface area contributed by atoms with E-state index in [-0.39, 0.29) is 5.88 Å². The Hall–Kier alpha value is -1.80. The first-order chi connectivity index (χ1) is 9.69. The smallest absolute Gasteiger partial charge is 0.242 e. The molecule has 3 rings (SSSR count). The molecule has 2 aromatic heterocycles. The zero-order valence-electron chi connectivity index (χ0n) is 10.1. The molecule has 0 atom stereocenters. The second-order valence-electron chi connectivity index (χ2n) is 3.67. The van der Waals surface area contributed by atoms with Crippen molar-refractivity contribution in [1.82, 2.24) is 15.0 Å². The topological polar surface area (TPSA) is 47.9 Å². The fraction of sp³-hybridized carbons (Fsp3) is 0.0833. The van der Waals surface area contributed by atoms with Gasteiger partial charge in [-0.05, 0) is 18.4 Å². The van der Waals surface area contributed by atoms with E-state index in [1.54, 1.807) is 0 Å². The maximum Gasteiger partial charge on any atom is 0.242 e. The molecular formula is C12H7F2N3OS2. The van der Waals surface area contributed by atoms with Gasteiger partial charge in [-0.3, -0.25) is 0 Å². The van der Waals surface area contributed by atoms with Gasteiger partial charge in [0, 0.05) is 0 Å². The number of hydrogen-bond acceptors (Lipinski definition) is 6. The minimum atomic E-state index is -0.786. The highest BCUT2D eigenvalue weighted by molar-refractivity contribution is 8.00. The summed E-state index contributed by atoms with van der Waals surface area (Å²) in [5.74, 6) is -1.96. The van der Waals surface area contributed by atoms with Crippen LogP contribution in [0.15, 0.2) is 28.9 Å². The van der Waals surface area contributed by atoms with Gasteiger partial charge in [-0.25, -0.2) is 23.7 Å². The van der Waals surface area contributed by atoms with Crippen molar-refractivity contribution < 1.29 is 13.5 Å². The van der Waals surface area contributed by atoms with Crippen LogP contribution in [0.4, 0.5) is 8.78 Å². The Morgan fingerprint density at radius 1 is 1.20 bits per heavy atom. The molecule has 0 spiro atoms. The summed E-state index contributed by atoms with van der Waals surface area (Å²) in [5.41, 5.74) is 0.445. The molecule has 0 aliphatic rings. The number of thioether (sulfide) groups is 1. The third kappa shape index (κ3) is 2.32. The number of halogens is 2. The highest BCUT2D eigenvalue weighted by Crippen LogP contribution is 2.35. The van der Waals surface area contributed by atoms with Gasteiger partial charge in [0.05, 0.1) is 0 Å². The van der Waals surface area contributed by atoms with E-state index in [9.17, 15) is 8.78 Å². The molecule has 0 aliphatic carbocycles. The SMILES string of the molecule is CSc1nc2ncnc(Oc3c(F)cccc3F)c2s1. The number of nitrogens with zero attached hydrogens (tertiary/aromatic N) is 3. The third-order valence-electron chi connectivity index (χ3n) is 2.43. The van der Waals surface area contributed by atoms with Crippen LogP contribution in [0.3, 0.4) is 0 Å². The Labute approximate surface area is 120 Å². The lowest BCUT2D eigenvalue weighted by atomic mass is 10.3. The van der Waals surface area contributed by atoms with Crippen molar-refractivity contribution in [1.29, 1.82) is 0 Å². The van der Waals surface area contributed by atoms with Gasteiger partial charge in [0.1, 0.15) is 11.0 Å². The van der Waals surface area contributed by atoms with Gasteiger partial charge in [0.25, 0.3) is 0 Å². The fourth-order valence-electron chi connectivity index (χ4n) is 1.55. The highest BCUT2D eigenvalue weighted by atomic mass is 32.2. The molecular weight excluding hydrogens is 304 g/mol. The molecule has 3 aromatic rings. The second-order valence-corrected chi connectivity index (χ2v) is 5.72. The molecule has 0 N–H and O–H groups in total. The quantitative estimate of drug-likeness (QED) is 0.687. The molecule has 0 saturated heterocycles. The van der Waals surface area contributed by atoms with Gasteiger partial charge in [0.2, 0.25) is 11.6 Å². The zero-order valence-corrected chi connectivity index (χ0v) is 11.8. The summed E-state index contributed by atoms with van der Waals surface area (Å²) in [5, 5.41) is 0. The third-order valence-corrected chi connectivity index (χ3v) is 4.45. The van der Waals surface area contributed by atoms with Crippen molar-refractivity contribution in [2.24, 2.45) is 0 Å².